The summed E-state index contributed by atoms with van der Waals surface area (Å²) in [7, 11) is 0. The molecule has 0 aliphatic rings. The second-order valence-electron chi connectivity index (χ2n) is 3.48. The van der Waals surface area contributed by atoms with Crippen molar-refractivity contribution in [1.29, 1.82) is 0 Å². The summed E-state index contributed by atoms with van der Waals surface area (Å²) in [5, 5.41) is 9.39. The Labute approximate surface area is 107 Å². The number of hydrogen-bond donors (Lipinski definition) is 1. The molecule has 0 unspecified atom stereocenters. The smallest absolute Gasteiger partial charge is 0.416 e. The maximum atomic E-state index is 12.3. The van der Waals surface area contributed by atoms with E-state index in [2.05, 4.69) is 0 Å². The summed E-state index contributed by atoms with van der Waals surface area (Å²) in [6.45, 7) is 1.42. The minimum absolute atomic E-state index is 0.0451. The fourth-order valence-electron chi connectivity index (χ4n) is 1.20. The van der Waals surface area contributed by atoms with Crippen LogP contribution in [0.15, 0.2) is 24.3 Å². The van der Waals surface area contributed by atoms with E-state index in [4.69, 9.17) is 0 Å². The maximum absolute atomic E-state index is 12.3. The molecule has 0 aliphatic heterocycles. The summed E-state index contributed by atoms with van der Waals surface area (Å²) in [6.07, 6.45) is -1.38. The summed E-state index contributed by atoms with van der Waals surface area (Å²) in [6, 6.07) is 2.77. The fourth-order valence-corrected chi connectivity index (χ4v) is 1.63. The topological polar surface area (TPSA) is 37.3 Å². The van der Waals surface area contributed by atoms with E-state index in [1.54, 1.807) is 6.08 Å². The lowest BCUT2D eigenvalue weighted by atomic mass is 10.1. The van der Waals surface area contributed by atoms with E-state index in [1.165, 1.54) is 19.1 Å². The molecule has 0 spiro atoms. The minimum atomic E-state index is -4.47. The molecule has 0 fully saturated rings. The van der Waals surface area contributed by atoms with Crippen LogP contribution >= 0.6 is 11.8 Å². The second-order valence-corrected chi connectivity index (χ2v) is 4.67. The third-order valence-electron chi connectivity index (χ3n) is 2.04. The molecule has 6 heteroatoms. The summed E-state index contributed by atoms with van der Waals surface area (Å²) in [5.41, 5.74) is -0.609. The van der Waals surface area contributed by atoms with Gasteiger partial charge >= 0.3 is 6.18 Å². The molecule has 1 aromatic rings. The van der Waals surface area contributed by atoms with Gasteiger partial charge in [0, 0.05) is 18.2 Å². The molecule has 2 nitrogen and oxygen atoms in total. The molecule has 0 heterocycles. The van der Waals surface area contributed by atoms with Crippen molar-refractivity contribution in [3.8, 4) is 5.75 Å². The lowest BCUT2D eigenvalue weighted by Gasteiger charge is -2.07. The van der Waals surface area contributed by atoms with Crippen LogP contribution in [0.3, 0.4) is 0 Å². The highest BCUT2D eigenvalue weighted by Gasteiger charge is 2.30. The second kappa shape index (κ2) is 5.95. The molecule has 1 rings (SSSR count). The summed E-state index contributed by atoms with van der Waals surface area (Å²) >= 11 is 1.08. The first-order valence-electron chi connectivity index (χ1n) is 5.01. The van der Waals surface area contributed by atoms with Gasteiger partial charge in [-0.3, -0.25) is 4.79 Å². The fraction of sp³-hybridized carbons (Fsp3) is 0.250. The van der Waals surface area contributed by atoms with Crippen molar-refractivity contribution in [3.63, 3.8) is 0 Å². The van der Waals surface area contributed by atoms with E-state index in [0.29, 0.717) is 11.8 Å². The standard InChI is InChI=1S/C12H11F3O2S/c1-8(16)18-6-2-3-9-4-5-10(7-11(9)17)12(13,14)15/h2-5,7,17H,6H2,1H3. The molecule has 0 amide bonds. The Hall–Kier alpha value is -1.43. The molecule has 0 saturated carbocycles. The molecule has 1 N–H and O–H groups in total. The van der Waals surface area contributed by atoms with Crippen molar-refractivity contribution in [2.24, 2.45) is 0 Å². The number of phenolic OH excluding ortho intramolecular Hbond substituents is 1. The van der Waals surface area contributed by atoms with Crippen LogP contribution in [0, 0.1) is 0 Å². The predicted octanol–water partition coefficient (Wildman–Crippen LogP) is 3.70. The lowest BCUT2D eigenvalue weighted by molar-refractivity contribution is -0.137. The number of carbonyl (C=O) groups excluding carboxylic acids is 1. The molecule has 0 aliphatic carbocycles. The van der Waals surface area contributed by atoms with Gasteiger partial charge in [-0.1, -0.05) is 30.0 Å². The number of rotatable bonds is 3. The van der Waals surface area contributed by atoms with Gasteiger partial charge in [-0.2, -0.15) is 13.2 Å². The average molecular weight is 276 g/mol. The Bertz CT molecular complexity index is 467. The SMILES string of the molecule is CC(=O)SCC=Cc1ccc(C(F)(F)F)cc1O. The van der Waals surface area contributed by atoms with Gasteiger partial charge in [-0.05, 0) is 12.1 Å². The van der Waals surface area contributed by atoms with Crippen molar-refractivity contribution in [3.05, 3.63) is 35.4 Å². The first-order valence-corrected chi connectivity index (χ1v) is 5.99. The van der Waals surface area contributed by atoms with Crippen LogP contribution in [0.5, 0.6) is 5.75 Å². The zero-order valence-corrected chi connectivity index (χ0v) is 10.3. The third-order valence-corrected chi connectivity index (χ3v) is 2.80. The Morgan fingerprint density at radius 1 is 1.44 bits per heavy atom. The highest BCUT2D eigenvalue weighted by atomic mass is 32.2. The van der Waals surface area contributed by atoms with Gasteiger partial charge < -0.3 is 5.11 Å². The number of phenols is 1. The largest absolute Gasteiger partial charge is 0.507 e. The number of aromatic hydroxyl groups is 1. The van der Waals surface area contributed by atoms with Crippen molar-refractivity contribution < 1.29 is 23.1 Å². The van der Waals surface area contributed by atoms with Crippen molar-refractivity contribution >= 4 is 23.0 Å². The van der Waals surface area contributed by atoms with Gasteiger partial charge in [0.2, 0.25) is 0 Å². The van der Waals surface area contributed by atoms with Crippen LogP contribution in [-0.4, -0.2) is 16.0 Å². The van der Waals surface area contributed by atoms with Crippen molar-refractivity contribution in [2.75, 3.05) is 5.75 Å². The quantitative estimate of drug-likeness (QED) is 0.914. The van der Waals surface area contributed by atoms with E-state index in [0.717, 1.165) is 17.8 Å². The molecule has 18 heavy (non-hydrogen) atoms. The van der Waals surface area contributed by atoms with Crippen LogP contribution in [0.1, 0.15) is 18.1 Å². The van der Waals surface area contributed by atoms with E-state index < -0.39 is 17.5 Å². The number of hydrogen-bond acceptors (Lipinski definition) is 3. The average Bonchev–Trinajstić information content (AvgIpc) is 2.24. The summed E-state index contributed by atoms with van der Waals surface area (Å²) in [4.78, 5) is 10.6. The van der Waals surface area contributed by atoms with E-state index in [-0.39, 0.29) is 10.7 Å². The highest BCUT2D eigenvalue weighted by molar-refractivity contribution is 8.13. The first-order chi connectivity index (χ1) is 8.30. The van der Waals surface area contributed by atoms with Gasteiger partial charge in [0.15, 0.2) is 5.12 Å². The van der Waals surface area contributed by atoms with Crippen molar-refractivity contribution in [1.82, 2.24) is 0 Å². The van der Waals surface area contributed by atoms with Crippen LogP contribution in [-0.2, 0) is 11.0 Å². The molecule has 0 atom stereocenters. The Balaban J connectivity index is 2.77. The number of thioether (sulfide) groups is 1. The van der Waals surface area contributed by atoms with Crippen molar-refractivity contribution in [2.45, 2.75) is 13.1 Å². The number of benzene rings is 1. The van der Waals surface area contributed by atoms with Crippen LogP contribution < -0.4 is 0 Å². The number of alkyl halides is 3. The van der Waals surface area contributed by atoms with Crippen LogP contribution in [0.25, 0.3) is 6.08 Å². The Kier molecular flexibility index (Phi) is 4.84. The van der Waals surface area contributed by atoms with E-state index in [1.807, 2.05) is 0 Å². The van der Waals surface area contributed by atoms with Gasteiger partial charge in [-0.25, -0.2) is 0 Å². The summed E-state index contributed by atoms with van der Waals surface area (Å²) in [5.74, 6) is -0.0237. The Morgan fingerprint density at radius 2 is 2.11 bits per heavy atom. The number of carbonyl (C=O) groups is 1. The van der Waals surface area contributed by atoms with E-state index in [9.17, 15) is 23.1 Å². The lowest BCUT2D eigenvalue weighted by Crippen LogP contribution is -2.04. The van der Waals surface area contributed by atoms with Gasteiger partial charge in [-0.15, -0.1) is 0 Å². The molecular weight excluding hydrogens is 265 g/mol. The van der Waals surface area contributed by atoms with E-state index >= 15 is 0 Å². The third kappa shape index (κ3) is 4.44. The molecule has 0 saturated heterocycles. The normalized spacial score (nSPS) is 12.0. The summed E-state index contributed by atoms with van der Waals surface area (Å²) < 4.78 is 37.0. The zero-order valence-electron chi connectivity index (χ0n) is 9.49. The van der Waals surface area contributed by atoms with Gasteiger partial charge in [0.05, 0.1) is 5.56 Å². The molecule has 0 radical (unpaired) electrons. The molecule has 0 bridgehead atoms. The Morgan fingerprint density at radius 3 is 2.61 bits per heavy atom. The minimum Gasteiger partial charge on any atom is -0.507 e. The first kappa shape index (κ1) is 14.6. The molecular formula is C12H11F3O2S. The van der Waals surface area contributed by atoms with Gasteiger partial charge in [0.1, 0.15) is 5.75 Å². The number of halogens is 3. The monoisotopic (exact) mass is 276 g/mol. The van der Waals surface area contributed by atoms with Crippen LogP contribution in [0.4, 0.5) is 13.2 Å². The molecule has 0 aromatic heterocycles. The predicted molar refractivity (Wildman–Crippen MR) is 65.3 cm³/mol. The zero-order chi connectivity index (χ0) is 13.8. The van der Waals surface area contributed by atoms with Crippen LogP contribution in [0.2, 0.25) is 0 Å². The molecule has 98 valence electrons. The van der Waals surface area contributed by atoms with Gasteiger partial charge in [0.25, 0.3) is 0 Å². The highest BCUT2D eigenvalue weighted by Crippen LogP contribution is 2.32. The maximum Gasteiger partial charge on any atom is 0.416 e. The molecule has 1 aromatic carbocycles.